The van der Waals surface area contributed by atoms with Crippen molar-refractivity contribution in [2.24, 2.45) is 7.05 Å². The smallest absolute Gasteiger partial charge is 0.236 e. The van der Waals surface area contributed by atoms with Gasteiger partial charge in [0.05, 0.1) is 15.8 Å². The van der Waals surface area contributed by atoms with Crippen molar-refractivity contribution in [3.63, 3.8) is 0 Å². The Morgan fingerprint density at radius 2 is 1.91 bits per heavy atom. The highest BCUT2D eigenvalue weighted by Crippen LogP contribution is 2.54. The summed E-state index contributed by atoms with van der Waals surface area (Å²) in [4.78, 5) is 50.1. The largest absolute Gasteiger partial charge is 0.359 e. The average molecular weight is 767 g/mol. The number of nitrogens with one attached hydrogen (secondary N) is 3. The van der Waals surface area contributed by atoms with Crippen LogP contribution in [0.2, 0.25) is 0 Å². The van der Waals surface area contributed by atoms with E-state index in [4.69, 9.17) is 0 Å². The molecule has 3 amide bonds. The van der Waals surface area contributed by atoms with Crippen molar-refractivity contribution in [1.82, 2.24) is 34.3 Å². The molecule has 0 bridgehead atoms. The zero-order chi connectivity index (χ0) is 38.5. The van der Waals surface area contributed by atoms with Crippen molar-refractivity contribution in [2.45, 2.75) is 93.1 Å². The van der Waals surface area contributed by atoms with Crippen molar-refractivity contribution in [3.05, 3.63) is 65.4 Å². The lowest BCUT2D eigenvalue weighted by molar-refractivity contribution is -0.120. The molecule has 3 fully saturated rings. The molecular weight excluding hydrogens is 717 g/mol. The van der Waals surface area contributed by atoms with Crippen LogP contribution in [0.15, 0.2) is 53.6 Å². The fraction of sp³-hybridized carbons (Fsp3) is 0.500. The van der Waals surface area contributed by atoms with Crippen LogP contribution >= 0.6 is 0 Å². The molecule has 4 aromatic rings. The van der Waals surface area contributed by atoms with Gasteiger partial charge in [-0.05, 0) is 100 Å². The monoisotopic (exact) mass is 766 g/mol. The first-order valence-corrected chi connectivity index (χ1v) is 20.4. The molecule has 2 aromatic carbocycles. The van der Waals surface area contributed by atoms with Crippen LogP contribution in [0.4, 0.5) is 17.6 Å². The number of aryl methyl sites for hydroxylation is 1. The molecule has 1 aliphatic carbocycles. The maximum Gasteiger partial charge on any atom is 0.236 e. The summed E-state index contributed by atoms with van der Waals surface area (Å²) in [6.07, 6.45) is 8.08. The fourth-order valence-corrected chi connectivity index (χ4v) is 9.93. The van der Waals surface area contributed by atoms with Crippen molar-refractivity contribution in [3.8, 4) is 0 Å². The predicted octanol–water partition coefficient (Wildman–Crippen LogP) is 4.20. The number of amides is 3. The highest BCUT2D eigenvalue weighted by molar-refractivity contribution is 7.82. The molecule has 5 heterocycles. The first-order chi connectivity index (χ1) is 26.5. The SMILES string of the molecule is CNC(=O)CCN(C=O)c1nn(C)c2cc(C3CCN(Cc4cccc(S(=O)N5CCC(Nc6ncc7c(n6)NC(=O)C76CC6)CC5)c4)C(C)(C)C3)ccc12. The molecule has 14 nitrogen and oxygen atoms in total. The third kappa shape index (κ3) is 7.25. The number of hydrogen-bond acceptors (Lipinski definition) is 9. The molecule has 0 radical (unpaired) electrons. The summed E-state index contributed by atoms with van der Waals surface area (Å²) in [5.74, 6) is 2.00. The second-order valence-electron chi connectivity index (χ2n) is 16.1. The lowest BCUT2D eigenvalue weighted by Crippen LogP contribution is -2.48. The van der Waals surface area contributed by atoms with Gasteiger partial charge in [0.15, 0.2) is 5.82 Å². The molecule has 1 spiro atoms. The Balaban J connectivity index is 0.863. The van der Waals surface area contributed by atoms with Crippen LogP contribution in [0.1, 0.15) is 81.4 Å². The third-order valence-electron chi connectivity index (χ3n) is 12.2. The van der Waals surface area contributed by atoms with Gasteiger partial charge in [0.25, 0.3) is 0 Å². The highest BCUT2D eigenvalue weighted by atomic mass is 32.2. The Morgan fingerprint density at radius 3 is 2.64 bits per heavy atom. The quantitative estimate of drug-likeness (QED) is 0.180. The van der Waals surface area contributed by atoms with Crippen LogP contribution in [0, 0.1) is 0 Å². The van der Waals surface area contributed by atoms with E-state index >= 15 is 0 Å². The summed E-state index contributed by atoms with van der Waals surface area (Å²) in [5.41, 5.74) is 3.83. The van der Waals surface area contributed by atoms with Gasteiger partial charge >= 0.3 is 0 Å². The molecule has 55 heavy (non-hydrogen) atoms. The molecule has 2 aromatic heterocycles. The topological polar surface area (TPSA) is 158 Å². The number of likely N-dealkylation sites (tertiary alicyclic amines) is 1. The maximum absolute atomic E-state index is 13.8. The van der Waals surface area contributed by atoms with Gasteiger partial charge in [-0.2, -0.15) is 10.1 Å². The van der Waals surface area contributed by atoms with Gasteiger partial charge in [-0.15, -0.1) is 0 Å². The lowest BCUT2D eigenvalue weighted by Gasteiger charge is -2.46. The minimum atomic E-state index is -1.26. The Hall–Kier alpha value is -4.73. The van der Waals surface area contributed by atoms with Crippen LogP contribution in [0.3, 0.4) is 0 Å². The van der Waals surface area contributed by atoms with E-state index in [0.29, 0.717) is 36.6 Å². The number of fused-ring (bicyclic) bond motifs is 3. The van der Waals surface area contributed by atoms with Crippen LogP contribution < -0.4 is 20.9 Å². The fourth-order valence-electron chi connectivity index (χ4n) is 8.64. The molecule has 2 saturated heterocycles. The van der Waals surface area contributed by atoms with Gasteiger partial charge < -0.3 is 16.0 Å². The summed E-state index contributed by atoms with van der Waals surface area (Å²) < 4.78 is 17.7. The second kappa shape index (κ2) is 14.7. The number of benzene rings is 2. The third-order valence-corrected chi connectivity index (χ3v) is 13.6. The van der Waals surface area contributed by atoms with E-state index in [1.165, 1.54) is 10.5 Å². The Kier molecular flexibility index (Phi) is 9.97. The molecule has 4 aliphatic rings. The summed E-state index contributed by atoms with van der Waals surface area (Å²) in [6.45, 7) is 7.97. The molecule has 8 rings (SSSR count). The number of anilines is 3. The van der Waals surface area contributed by atoms with Crippen molar-refractivity contribution in [1.29, 1.82) is 0 Å². The zero-order valence-corrected chi connectivity index (χ0v) is 32.8. The van der Waals surface area contributed by atoms with Gasteiger partial charge in [0.1, 0.15) is 16.8 Å². The van der Waals surface area contributed by atoms with E-state index in [2.05, 4.69) is 84.4 Å². The number of aromatic nitrogens is 4. The Morgan fingerprint density at radius 1 is 1.11 bits per heavy atom. The van der Waals surface area contributed by atoms with Gasteiger partial charge in [0, 0.05) is 75.4 Å². The summed E-state index contributed by atoms with van der Waals surface area (Å²) in [5, 5.41) is 14.5. The highest BCUT2D eigenvalue weighted by Gasteiger charge is 2.57. The second-order valence-corrected chi connectivity index (χ2v) is 17.6. The van der Waals surface area contributed by atoms with Crippen molar-refractivity contribution >= 4 is 57.7 Å². The number of hydrogen-bond donors (Lipinski definition) is 3. The normalized spacial score (nSPS) is 21.2. The predicted molar refractivity (Wildman–Crippen MR) is 212 cm³/mol. The lowest BCUT2D eigenvalue weighted by atomic mass is 9.78. The van der Waals surface area contributed by atoms with Crippen LogP contribution in [-0.4, -0.2) is 96.2 Å². The number of piperidine rings is 2. The van der Waals surface area contributed by atoms with E-state index in [0.717, 1.165) is 84.9 Å². The van der Waals surface area contributed by atoms with Crippen molar-refractivity contribution in [2.75, 3.05) is 48.8 Å². The number of nitrogens with zero attached hydrogens (tertiary/aromatic N) is 7. The summed E-state index contributed by atoms with van der Waals surface area (Å²) >= 11 is 0. The molecule has 2 unspecified atom stereocenters. The van der Waals surface area contributed by atoms with E-state index in [9.17, 15) is 18.6 Å². The zero-order valence-electron chi connectivity index (χ0n) is 32.0. The van der Waals surface area contributed by atoms with Crippen LogP contribution in [0.5, 0.6) is 0 Å². The van der Waals surface area contributed by atoms with E-state index in [-0.39, 0.29) is 36.4 Å². The van der Waals surface area contributed by atoms with E-state index < -0.39 is 16.4 Å². The minimum Gasteiger partial charge on any atom is -0.359 e. The van der Waals surface area contributed by atoms with Gasteiger partial charge in [-0.3, -0.25) is 28.9 Å². The van der Waals surface area contributed by atoms with Gasteiger partial charge in [-0.25, -0.2) is 13.5 Å². The van der Waals surface area contributed by atoms with Crippen LogP contribution in [-0.2, 0) is 44.4 Å². The van der Waals surface area contributed by atoms with Crippen LogP contribution in [0.25, 0.3) is 10.9 Å². The van der Waals surface area contributed by atoms with E-state index in [1.807, 2.05) is 23.9 Å². The minimum absolute atomic E-state index is 0.0379. The summed E-state index contributed by atoms with van der Waals surface area (Å²) in [7, 11) is 2.21. The maximum atomic E-state index is 13.8. The Bertz CT molecular complexity index is 2160. The number of carbonyl (C=O) groups excluding carboxylic acids is 3. The Labute approximate surface area is 324 Å². The first kappa shape index (κ1) is 37.2. The first-order valence-electron chi connectivity index (χ1n) is 19.3. The van der Waals surface area contributed by atoms with Gasteiger partial charge in [-0.1, -0.05) is 18.2 Å². The molecule has 15 heteroatoms. The molecular formula is C40H50N10O4S. The number of rotatable bonds is 12. The molecule has 1 saturated carbocycles. The molecule has 3 N–H and O–H groups in total. The van der Waals surface area contributed by atoms with E-state index in [1.54, 1.807) is 13.2 Å². The molecule has 2 atom stereocenters. The molecule has 290 valence electrons. The van der Waals surface area contributed by atoms with Crippen molar-refractivity contribution < 1.29 is 18.6 Å². The standard InChI is InChI=1S/C40H50N10O4S/c1-39(2)22-28(27-8-9-31-33(21-27)47(4)46-36(31)48(25-51)16-13-34(52)41-3)10-17-49(39)24-26-6-5-7-30(20-26)55(54)50-18-11-29(12-19-50)43-38-42-23-32-35(45-38)44-37(53)40(32)14-15-40/h5-9,20-21,23,25,28-29H,10-19,22,24H2,1-4H3,(H,41,52)(H2,42,43,44,45,53). The molecule has 3 aliphatic heterocycles. The summed E-state index contributed by atoms with van der Waals surface area (Å²) in [6, 6.07) is 14.8. The van der Waals surface area contributed by atoms with Gasteiger partial charge in [0.2, 0.25) is 24.2 Å². The number of carbonyl (C=O) groups is 3. The average Bonchev–Trinajstić information content (AvgIpc) is 3.87.